The molecule has 0 saturated heterocycles. The van der Waals surface area contributed by atoms with Crippen LogP contribution in [0.5, 0.6) is 0 Å². The Bertz CT molecular complexity index is 351. The van der Waals surface area contributed by atoms with Crippen LogP contribution < -0.4 is 5.73 Å². The summed E-state index contributed by atoms with van der Waals surface area (Å²) < 4.78 is 1.16. The van der Waals surface area contributed by atoms with Gasteiger partial charge in [-0.15, -0.1) is 11.3 Å². The van der Waals surface area contributed by atoms with Gasteiger partial charge in [-0.2, -0.15) is 0 Å². The minimum absolute atomic E-state index is 0.202. The van der Waals surface area contributed by atoms with E-state index in [0.29, 0.717) is 6.04 Å². The van der Waals surface area contributed by atoms with Gasteiger partial charge < -0.3 is 5.73 Å². The van der Waals surface area contributed by atoms with Gasteiger partial charge in [-0.3, -0.25) is 4.90 Å². The molecule has 0 radical (unpaired) electrons. The average molecular weight is 333 g/mol. The maximum absolute atomic E-state index is 6.32. The van der Waals surface area contributed by atoms with Gasteiger partial charge in [0.25, 0.3) is 0 Å². The third-order valence-corrected chi connectivity index (χ3v) is 5.05. The zero-order chi connectivity index (χ0) is 13.7. The Morgan fingerprint density at radius 3 is 2.56 bits per heavy atom. The van der Waals surface area contributed by atoms with Gasteiger partial charge in [0.05, 0.1) is 6.04 Å². The highest BCUT2D eigenvalue weighted by molar-refractivity contribution is 9.10. The van der Waals surface area contributed by atoms with Crippen molar-refractivity contribution in [1.82, 2.24) is 4.90 Å². The maximum Gasteiger partial charge on any atom is 0.0591 e. The highest BCUT2D eigenvalue weighted by Gasteiger charge is 2.24. The van der Waals surface area contributed by atoms with Crippen LogP contribution in [-0.2, 0) is 0 Å². The maximum atomic E-state index is 6.32. The molecule has 1 rings (SSSR count). The molecule has 4 heteroatoms. The van der Waals surface area contributed by atoms with Crippen molar-refractivity contribution in [1.29, 1.82) is 0 Å². The van der Waals surface area contributed by atoms with Gasteiger partial charge in [-0.1, -0.05) is 20.8 Å². The molecule has 0 saturated carbocycles. The van der Waals surface area contributed by atoms with Crippen LogP contribution in [0.25, 0.3) is 0 Å². The van der Waals surface area contributed by atoms with Gasteiger partial charge in [0.2, 0.25) is 0 Å². The summed E-state index contributed by atoms with van der Waals surface area (Å²) in [6.45, 7) is 7.80. The standard InChI is InChI=1S/C14H25BrN2S/c1-5-12(16)14(13-8-11(15)9-18-13)17(4)7-6-10(2)3/h8-10,12,14H,5-7,16H2,1-4H3. The lowest BCUT2D eigenvalue weighted by molar-refractivity contribution is 0.202. The lowest BCUT2D eigenvalue weighted by atomic mass is 10.0. The molecule has 2 N–H and O–H groups in total. The van der Waals surface area contributed by atoms with E-state index in [1.165, 1.54) is 11.3 Å². The van der Waals surface area contributed by atoms with Crippen molar-refractivity contribution >= 4 is 27.3 Å². The van der Waals surface area contributed by atoms with E-state index in [1.807, 2.05) is 0 Å². The monoisotopic (exact) mass is 332 g/mol. The van der Waals surface area contributed by atoms with Crippen LogP contribution in [0.1, 0.15) is 44.5 Å². The highest BCUT2D eigenvalue weighted by Crippen LogP contribution is 2.31. The first kappa shape index (κ1) is 16.2. The van der Waals surface area contributed by atoms with Crippen LogP contribution in [0, 0.1) is 5.92 Å². The molecule has 104 valence electrons. The lowest BCUT2D eigenvalue weighted by Crippen LogP contribution is -2.39. The number of hydrogen-bond donors (Lipinski definition) is 1. The van der Waals surface area contributed by atoms with Crippen LogP contribution in [0.3, 0.4) is 0 Å². The third-order valence-electron chi connectivity index (χ3n) is 3.29. The molecule has 0 spiro atoms. The first-order valence-corrected chi connectivity index (χ1v) is 8.32. The van der Waals surface area contributed by atoms with Gasteiger partial charge in [-0.25, -0.2) is 0 Å². The van der Waals surface area contributed by atoms with E-state index in [0.717, 1.165) is 23.4 Å². The molecule has 2 atom stereocenters. The number of nitrogens with two attached hydrogens (primary N) is 1. The molecule has 0 fully saturated rings. The van der Waals surface area contributed by atoms with E-state index in [9.17, 15) is 0 Å². The molecule has 2 unspecified atom stereocenters. The average Bonchev–Trinajstić information content (AvgIpc) is 2.73. The fourth-order valence-corrected chi connectivity index (χ4v) is 3.75. The second-order valence-electron chi connectivity index (χ2n) is 5.35. The molecule has 0 aliphatic carbocycles. The number of hydrogen-bond acceptors (Lipinski definition) is 3. The molecule has 1 aromatic rings. The number of thiophene rings is 1. The van der Waals surface area contributed by atoms with E-state index in [1.54, 1.807) is 11.3 Å². The second-order valence-corrected chi connectivity index (χ2v) is 7.21. The predicted octanol–water partition coefficient (Wildman–Crippen LogP) is 4.27. The first-order valence-electron chi connectivity index (χ1n) is 6.65. The van der Waals surface area contributed by atoms with Crippen molar-refractivity contribution in [3.05, 3.63) is 20.8 Å². The van der Waals surface area contributed by atoms with Crippen LogP contribution in [0.15, 0.2) is 15.9 Å². The summed E-state index contributed by atoms with van der Waals surface area (Å²) in [4.78, 5) is 3.77. The van der Waals surface area contributed by atoms with E-state index >= 15 is 0 Å². The van der Waals surface area contributed by atoms with Gasteiger partial charge in [-0.05, 0) is 54.3 Å². The normalized spacial score (nSPS) is 15.3. The fraction of sp³-hybridized carbons (Fsp3) is 0.714. The molecular weight excluding hydrogens is 308 g/mol. The summed E-state index contributed by atoms with van der Waals surface area (Å²) in [7, 11) is 2.19. The van der Waals surface area contributed by atoms with Crippen LogP contribution in [0.4, 0.5) is 0 Å². The Morgan fingerprint density at radius 1 is 1.44 bits per heavy atom. The third kappa shape index (κ3) is 4.65. The van der Waals surface area contributed by atoms with Gasteiger partial charge in [0.15, 0.2) is 0 Å². The van der Waals surface area contributed by atoms with Crippen LogP contribution in [-0.4, -0.2) is 24.5 Å². The van der Waals surface area contributed by atoms with E-state index in [2.05, 4.69) is 60.1 Å². The van der Waals surface area contributed by atoms with Crippen LogP contribution in [0.2, 0.25) is 0 Å². The summed E-state index contributed by atoms with van der Waals surface area (Å²) in [6, 6.07) is 2.74. The Hall–Kier alpha value is 0.1000. The van der Waals surface area contributed by atoms with Gasteiger partial charge >= 0.3 is 0 Å². The summed E-state index contributed by atoms with van der Waals surface area (Å²) in [5.41, 5.74) is 6.32. The van der Waals surface area contributed by atoms with Crippen molar-refractivity contribution < 1.29 is 0 Å². The molecule has 0 aliphatic heterocycles. The summed E-state index contributed by atoms with van der Waals surface area (Å²) in [6.07, 6.45) is 2.22. The van der Waals surface area contributed by atoms with Crippen molar-refractivity contribution in [2.24, 2.45) is 11.7 Å². The molecule has 0 bridgehead atoms. The SMILES string of the molecule is CCC(N)C(c1cc(Br)cs1)N(C)CCC(C)C. The Morgan fingerprint density at radius 2 is 2.11 bits per heavy atom. The fourth-order valence-electron chi connectivity index (χ4n) is 2.06. The Labute approximate surface area is 124 Å². The molecule has 0 amide bonds. The molecule has 1 aromatic heterocycles. The number of rotatable bonds is 7. The number of halogens is 1. The summed E-state index contributed by atoms with van der Waals surface area (Å²) >= 11 is 5.33. The molecule has 0 aromatic carbocycles. The zero-order valence-corrected chi connectivity index (χ0v) is 14.2. The molecule has 1 heterocycles. The molecular formula is C14H25BrN2S. The summed E-state index contributed by atoms with van der Waals surface area (Å²) in [5, 5.41) is 2.14. The van der Waals surface area contributed by atoms with Crippen molar-refractivity contribution in [2.75, 3.05) is 13.6 Å². The van der Waals surface area contributed by atoms with Crippen molar-refractivity contribution in [2.45, 2.75) is 45.7 Å². The quantitative estimate of drug-likeness (QED) is 0.807. The largest absolute Gasteiger partial charge is 0.326 e. The summed E-state index contributed by atoms with van der Waals surface area (Å²) in [5.74, 6) is 0.737. The van der Waals surface area contributed by atoms with Gasteiger partial charge in [0.1, 0.15) is 0 Å². The smallest absolute Gasteiger partial charge is 0.0591 e. The number of likely N-dealkylation sites (N-methyl/N-ethyl adjacent to an activating group) is 1. The minimum atomic E-state index is 0.202. The highest BCUT2D eigenvalue weighted by atomic mass is 79.9. The topological polar surface area (TPSA) is 29.3 Å². The predicted molar refractivity (Wildman–Crippen MR) is 85.1 cm³/mol. The molecule has 0 aliphatic rings. The van der Waals surface area contributed by atoms with E-state index in [4.69, 9.17) is 5.73 Å². The minimum Gasteiger partial charge on any atom is -0.326 e. The van der Waals surface area contributed by atoms with E-state index < -0.39 is 0 Å². The Balaban J connectivity index is 2.78. The van der Waals surface area contributed by atoms with Crippen molar-refractivity contribution in [3.8, 4) is 0 Å². The molecule has 2 nitrogen and oxygen atoms in total. The number of nitrogens with zero attached hydrogens (tertiary/aromatic N) is 1. The van der Waals surface area contributed by atoms with E-state index in [-0.39, 0.29) is 6.04 Å². The van der Waals surface area contributed by atoms with Gasteiger partial charge in [0, 0.05) is 20.8 Å². The van der Waals surface area contributed by atoms with Crippen LogP contribution >= 0.6 is 27.3 Å². The lowest BCUT2D eigenvalue weighted by Gasteiger charge is -2.32. The first-order chi connectivity index (χ1) is 8.45. The van der Waals surface area contributed by atoms with Crippen molar-refractivity contribution in [3.63, 3.8) is 0 Å². The Kier molecular flexibility index (Phi) is 6.85. The zero-order valence-electron chi connectivity index (χ0n) is 11.8. The second kappa shape index (κ2) is 7.63. The molecule has 18 heavy (non-hydrogen) atoms.